The van der Waals surface area contributed by atoms with Gasteiger partial charge in [0, 0.05) is 55.6 Å². The van der Waals surface area contributed by atoms with Crippen LogP contribution in [-0.4, -0.2) is 61.5 Å². The Balaban J connectivity index is 1.91. The van der Waals surface area contributed by atoms with Gasteiger partial charge in [-0.2, -0.15) is 0 Å². The summed E-state index contributed by atoms with van der Waals surface area (Å²) in [6.07, 6.45) is 1.76. The van der Waals surface area contributed by atoms with Gasteiger partial charge in [-0.25, -0.2) is 8.42 Å². The van der Waals surface area contributed by atoms with Crippen LogP contribution in [-0.2, 0) is 18.6 Å². The zero-order valence-corrected chi connectivity index (χ0v) is 13.0. The van der Waals surface area contributed by atoms with Crippen LogP contribution in [0, 0.1) is 5.92 Å². The van der Waals surface area contributed by atoms with Crippen molar-refractivity contribution in [2.24, 2.45) is 5.92 Å². The van der Waals surface area contributed by atoms with E-state index >= 15 is 0 Å². The van der Waals surface area contributed by atoms with Gasteiger partial charge in [0.05, 0.1) is 5.75 Å². The second-order valence-electron chi connectivity index (χ2n) is 5.56. The van der Waals surface area contributed by atoms with Crippen LogP contribution in [0.2, 0.25) is 0 Å². The first-order valence-electron chi connectivity index (χ1n) is 6.73. The van der Waals surface area contributed by atoms with Crippen LogP contribution >= 0.6 is 10.7 Å². The summed E-state index contributed by atoms with van der Waals surface area (Å²) >= 11 is 0. The predicted octanol–water partition coefficient (Wildman–Crippen LogP) is 0.414. The average Bonchev–Trinajstić information content (AvgIpc) is 2.67. The Morgan fingerprint density at radius 1 is 1.35 bits per heavy atom. The maximum atomic E-state index is 12.0. The molecule has 0 aromatic rings. The summed E-state index contributed by atoms with van der Waals surface area (Å²) in [6, 6.07) is 0.112. The van der Waals surface area contributed by atoms with Gasteiger partial charge in [-0.3, -0.25) is 9.59 Å². The van der Waals surface area contributed by atoms with Gasteiger partial charge in [0.2, 0.25) is 20.9 Å². The van der Waals surface area contributed by atoms with Gasteiger partial charge in [0.25, 0.3) is 0 Å². The fraction of sp³-hybridized carbons (Fsp3) is 0.833. The minimum atomic E-state index is -3.56. The zero-order valence-electron chi connectivity index (χ0n) is 11.4. The molecule has 2 aliphatic heterocycles. The molecule has 2 fully saturated rings. The number of carbonyl (C=O) groups excluding carboxylic acids is 2. The highest BCUT2D eigenvalue weighted by atomic mass is 35.7. The number of halogens is 1. The highest BCUT2D eigenvalue weighted by molar-refractivity contribution is 8.13. The second kappa shape index (κ2) is 5.89. The third-order valence-corrected chi connectivity index (χ3v) is 5.27. The molecule has 2 heterocycles. The zero-order chi connectivity index (χ0) is 14.9. The van der Waals surface area contributed by atoms with Crippen LogP contribution in [0.3, 0.4) is 0 Å². The SMILES string of the molecule is CC(=O)N1CCC(N2CC(CS(=O)(=O)Cl)CC2=O)CC1. The standard InChI is InChI=1S/C12H19ClN2O4S/c1-9(16)14-4-2-11(3-5-14)15-7-10(6-12(15)17)8-20(13,18)19/h10-11H,2-8H2,1H3. The van der Waals surface area contributed by atoms with Gasteiger partial charge in [0.1, 0.15) is 0 Å². The lowest BCUT2D eigenvalue weighted by molar-refractivity contribution is -0.133. The van der Waals surface area contributed by atoms with E-state index in [-0.39, 0.29) is 35.9 Å². The molecule has 0 bridgehead atoms. The van der Waals surface area contributed by atoms with Crippen molar-refractivity contribution in [3.8, 4) is 0 Å². The van der Waals surface area contributed by atoms with Crippen LogP contribution in [0.4, 0.5) is 0 Å². The summed E-state index contributed by atoms with van der Waals surface area (Å²) in [6.45, 7) is 3.31. The number of likely N-dealkylation sites (tertiary alicyclic amines) is 2. The van der Waals surface area contributed by atoms with E-state index in [1.165, 1.54) is 0 Å². The third kappa shape index (κ3) is 3.85. The fourth-order valence-corrected chi connectivity index (χ4v) is 4.37. The molecule has 0 N–H and O–H groups in total. The lowest BCUT2D eigenvalue weighted by atomic mass is 10.0. The van der Waals surface area contributed by atoms with Crippen molar-refractivity contribution in [1.82, 2.24) is 9.80 Å². The summed E-state index contributed by atoms with van der Waals surface area (Å²) in [5.74, 6) is -0.307. The first-order chi connectivity index (χ1) is 9.26. The van der Waals surface area contributed by atoms with Crippen molar-refractivity contribution < 1.29 is 18.0 Å². The molecular formula is C12H19ClN2O4S. The van der Waals surface area contributed by atoms with Crippen LogP contribution in [0.5, 0.6) is 0 Å². The topological polar surface area (TPSA) is 74.8 Å². The number of hydrogen-bond donors (Lipinski definition) is 0. The predicted molar refractivity (Wildman–Crippen MR) is 74.7 cm³/mol. The summed E-state index contributed by atoms with van der Waals surface area (Å²) in [5, 5.41) is 0. The van der Waals surface area contributed by atoms with Crippen LogP contribution in [0.1, 0.15) is 26.2 Å². The average molecular weight is 323 g/mol. The second-order valence-corrected chi connectivity index (χ2v) is 8.38. The minimum absolute atomic E-state index is 0.00316. The molecule has 6 nitrogen and oxygen atoms in total. The molecule has 0 spiro atoms. The maximum absolute atomic E-state index is 12.0. The lowest BCUT2D eigenvalue weighted by Gasteiger charge is -2.36. The molecule has 8 heteroatoms. The lowest BCUT2D eigenvalue weighted by Crippen LogP contribution is -2.46. The molecular weight excluding hydrogens is 304 g/mol. The van der Waals surface area contributed by atoms with Crippen molar-refractivity contribution in [3.63, 3.8) is 0 Å². The molecule has 2 amide bonds. The summed E-state index contributed by atoms with van der Waals surface area (Å²) in [4.78, 5) is 26.8. The highest BCUT2D eigenvalue weighted by Crippen LogP contribution is 2.27. The van der Waals surface area contributed by atoms with Gasteiger partial charge in [-0.1, -0.05) is 0 Å². The van der Waals surface area contributed by atoms with E-state index in [9.17, 15) is 18.0 Å². The van der Waals surface area contributed by atoms with Gasteiger partial charge >= 0.3 is 0 Å². The normalized spacial score (nSPS) is 25.3. The van der Waals surface area contributed by atoms with E-state index in [2.05, 4.69) is 0 Å². The Morgan fingerprint density at radius 3 is 2.45 bits per heavy atom. The van der Waals surface area contributed by atoms with E-state index < -0.39 is 9.05 Å². The molecule has 2 aliphatic rings. The van der Waals surface area contributed by atoms with Crippen LogP contribution in [0.15, 0.2) is 0 Å². The van der Waals surface area contributed by atoms with Crippen molar-refractivity contribution in [2.45, 2.75) is 32.2 Å². The molecule has 1 atom stereocenters. The number of hydrogen-bond acceptors (Lipinski definition) is 4. The molecule has 1 unspecified atom stereocenters. The number of piperidine rings is 1. The fourth-order valence-electron chi connectivity index (χ4n) is 3.05. The van der Waals surface area contributed by atoms with Crippen molar-refractivity contribution in [3.05, 3.63) is 0 Å². The Bertz CT molecular complexity index is 500. The monoisotopic (exact) mass is 322 g/mol. The highest BCUT2D eigenvalue weighted by Gasteiger charge is 2.37. The summed E-state index contributed by atoms with van der Waals surface area (Å²) < 4.78 is 22.2. The Labute approximate surface area is 123 Å². The van der Waals surface area contributed by atoms with Gasteiger partial charge < -0.3 is 9.80 Å². The van der Waals surface area contributed by atoms with Gasteiger partial charge in [-0.15, -0.1) is 0 Å². The van der Waals surface area contributed by atoms with Crippen molar-refractivity contribution in [2.75, 3.05) is 25.4 Å². The first kappa shape index (κ1) is 15.6. The maximum Gasteiger partial charge on any atom is 0.232 e. The summed E-state index contributed by atoms with van der Waals surface area (Å²) in [5.41, 5.74) is 0. The molecule has 0 aromatic heterocycles. The Hall–Kier alpha value is -0.820. The molecule has 0 saturated carbocycles. The Kier molecular flexibility index (Phi) is 4.59. The van der Waals surface area contributed by atoms with Crippen LogP contribution in [0.25, 0.3) is 0 Å². The third-order valence-electron chi connectivity index (χ3n) is 4.02. The number of rotatable bonds is 3. The molecule has 0 aromatic carbocycles. The smallest absolute Gasteiger partial charge is 0.232 e. The van der Waals surface area contributed by atoms with E-state index in [0.717, 1.165) is 12.8 Å². The van der Waals surface area contributed by atoms with Crippen LogP contribution < -0.4 is 0 Å². The van der Waals surface area contributed by atoms with E-state index in [1.807, 2.05) is 0 Å². The minimum Gasteiger partial charge on any atom is -0.343 e. The van der Waals surface area contributed by atoms with E-state index in [1.54, 1.807) is 16.7 Å². The molecule has 2 saturated heterocycles. The molecule has 0 aliphatic carbocycles. The van der Waals surface area contributed by atoms with E-state index in [0.29, 0.717) is 19.6 Å². The Morgan fingerprint density at radius 2 is 1.95 bits per heavy atom. The first-order valence-corrected chi connectivity index (χ1v) is 9.21. The van der Waals surface area contributed by atoms with Gasteiger partial charge in [0.15, 0.2) is 0 Å². The summed E-state index contributed by atoms with van der Waals surface area (Å²) in [7, 11) is 1.68. The van der Waals surface area contributed by atoms with Gasteiger partial charge in [-0.05, 0) is 12.8 Å². The molecule has 0 radical (unpaired) electrons. The molecule has 20 heavy (non-hydrogen) atoms. The largest absolute Gasteiger partial charge is 0.343 e. The molecule has 2 rings (SSSR count). The van der Waals surface area contributed by atoms with E-state index in [4.69, 9.17) is 10.7 Å². The number of carbonyl (C=O) groups is 2. The molecule has 114 valence electrons. The number of amides is 2. The van der Waals surface area contributed by atoms with Crippen molar-refractivity contribution >= 4 is 31.5 Å². The number of nitrogens with zero attached hydrogens (tertiary/aromatic N) is 2. The van der Waals surface area contributed by atoms with Crippen molar-refractivity contribution in [1.29, 1.82) is 0 Å². The quantitative estimate of drug-likeness (QED) is 0.706.